The Hall–Kier alpha value is -4.45. The highest BCUT2D eigenvalue weighted by Gasteiger charge is 2.35. The molecule has 1 atom stereocenters. The highest BCUT2D eigenvalue weighted by Crippen LogP contribution is 2.37. The molecule has 0 aliphatic carbocycles. The van der Waals surface area contributed by atoms with Crippen molar-refractivity contribution in [3.8, 4) is 23.0 Å². The van der Waals surface area contributed by atoms with Crippen molar-refractivity contribution < 1.29 is 37.0 Å². The van der Waals surface area contributed by atoms with Crippen LogP contribution in [0.15, 0.2) is 71.6 Å². The van der Waals surface area contributed by atoms with E-state index in [4.69, 9.17) is 18.9 Å². The Kier molecular flexibility index (Phi) is 12.3. The number of nitrogens with one attached hydrogen (secondary N) is 1. The monoisotopic (exact) mass is 627 g/mol. The van der Waals surface area contributed by atoms with Crippen molar-refractivity contribution in [3.05, 3.63) is 72.3 Å². The fourth-order valence-electron chi connectivity index (χ4n) is 4.67. The van der Waals surface area contributed by atoms with Crippen LogP contribution < -0.4 is 28.6 Å². The fourth-order valence-corrected chi connectivity index (χ4v) is 6.11. The third kappa shape index (κ3) is 7.93. The first-order valence-electron chi connectivity index (χ1n) is 14.2. The summed E-state index contributed by atoms with van der Waals surface area (Å²) < 4.78 is 51.3. The maximum atomic E-state index is 14.4. The predicted octanol–water partition coefficient (Wildman–Crippen LogP) is 4.25. The Balaban J connectivity index is 2.18. The summed E-state index contributed by atoms with van der Waals surface area (Å²) >= 11 is 0. The van der Waals surface area contributed by atoms with E-state index in [0.29, 0.717) is 24.5 Å². The van der Waals surface area contributed by atoms with Crippen LogP contribution in [-0.2, 0) is 26.2 Å². The highest BCUT2D eigenvalue weighted by molar-refractivity contribution is 7.92. The molecule has 44 heavy (non-hydrogen) atoms. The molecule has 3 aromatic carbocycles. The van der Waals surface area contributed by atoms with Gasteiger partial charge in [0.25, 0.3) is 10.0 Å². The van der Waals surface area contributed by atoms with E-state index >= 15 is 0 Å². The standard InChI is InChI=1S/C32H41N3O8S/c1-7-18-33-32(37)26(8-2)34(21-23-12-10-9-11-13-23)31(36)22-35(27-19-24(40-3)14-16-28(27)41-4)44(38,39)25-15-17-29(42-5)30(20-25)43-6/h9-17,19-20,26H,7-8,18,21-22H2,1-6H3,(H,33,37)/t26-/m1/s1. The first kappa shape index (κ1) is 34.0. The van der Waals surface area contributed by atoms with Gasteiger partial charge in [-0.25, -0.2) is 8.42 Å². The maximum absolute atomic E-state index is 14.4. The largest absolute Gasteiger partial charge is 0.497 e. The normalized spacial score (nSPS) is 11.7. The van der Waals surface area contributed by atoms with Crippen molar-refractivity contribution in [2.24, 2.45) is 0 Å². The highest BCUT2D eigenvalue weighted by atomic mass is 32.2. The summed E-state index contributed by atoms with van der Waals surface area (Å²) in [4.78, 5) is 28.8. The number of rotatable bonds is 16. The second kappa shape index (κ2) is 15.9. The number of carbonyl (C=O) groups excluding carboxylic acids is 2. The third-order valence-electron chi connectivity index (χ3n) is 7.01. The molecule has 3 rings (SSSR count). The molecule has 1 N–H and O–H groups in total. The van der Waals surface area contributed by atoms with Gasteiger partial charge in [-0.3, -0.25) is 13.9 Å². The summed E-state index contributed by atoms with van der Waals surface area (Å²) in [5, 5.41) is 2.88. The molecule has 2 amide bonds. The summed E-state index contributed by atoms with van der Waals surface area (Å²) in [5.74, 6) is 0.193. The molecule has 0 unspecified atom stereocenters. The van der Waals surface area contributed by atoms with Crippen LogP contribution in [0.2, 0.25) is 0 Å². The van der Waals surface area contributed by atoms with E-state index in [-0.39, 0.29) is 34.5 Å². The predicted molar refractivity (Wildman–Crippen MR) is 168 cm³/mol. The van der Waals surface area contributed by atoms with Crippen molar-refractivity contribution in [1.29, 1.82) is 0 Å². The molecule has 3 aromatic rings. The van der Waals surface area contributed by atoms with Gasteiger partial charge in [-0.15, -0.1) is 0 Å². The lowest BCUT2D eigenvalue weighted by Crippen LogP contribution is -2.52. The summed E-state index contributed by atoms with van der Waals surface area (Å²) in [6, 6.07) is 17.2. The van der Waals surface area contributed by atoms with Gasteiger partial charge >= 0.3 is 0 Å². The number of hydrogen-bond acceptors (Lipinski definition) is 8. The molecule has 0 bridgehead atoms. The number of benzene rings is 3. The summed E-state index contributed by atoms with van der Waals surface area (Å²) in [5.41, 5.74) is 0.869. The molecule has 0 spiro atoms. The third-order valence-corrected chi connectivity index (χ3v) is 8.76. The summed E-state index contributed by atoms with van der Waals surface area (Å²) in [7, 11) is 1.28. The van der Waals surface area contributed by atoms with Crippen LogP contribution in [-0.4, -0.2) is 72.7 Å². The molecular weight excluding hydrogens is 586 g/mol. The second-order valence-electron chi connectivity index (χ2n) is 9.79. The smallest absolute Gasteiger partial charge is 0.265 e. The number of anilines is 1. The van der Waals surface area contributed by atoms with Gasteiger partial charge in [0.15, 0.2) is 11.5 Å². The molecule has 238 valence electrons. The molecule has 0 saturated carbocycles. The molecule has 0 radical (unpaired) electrons. The zero-order chi connectivity index (χ0) is 32.3. The van der Waals surface area contributed by atoms with Crippen molar-refractivity contribution in [2.75, 3.05) is 45.8 Å². The van der Waals surface area contributed by atoms with Crippen molar-refractivity contribution >= 4 is 27.5 Å². The van der Waals surface area contributed by atoms with Crippen molar-refractivity contribution in [3.63, 3.8) is 0 Å². The zero-order valence-corrected chi connectivity index (χ0v) is 26.8. The van der Waals surface area contributed by atoms with Gasteiger partial charge in [0, 0.05) is 25.2 Å². The number of hydrogen-bond donors (Lipinski definition) is 1. The molecular formula is C32H41N3O8S. The Labute approximate surface area is 259 Å². The quantitative estimate of drug-likeness (QED) is 0.250. The maximum Gasteiger partial charge on any atom is 0.265 e. The van der Waals surface area contributed by atoms with E-state index in [1.165, 1.54) is 57.6 Å². The topological polar surface area (TPSA) is 124 Å². The molecule has 0 saturated heterocycles. The number of carbonyl (C=O) groups is 2. The van der Waals surface area contributed by atoms with Crippen LogP contribution in [0, 0.1) is 0 Å². The minimum absolute atomic E-state index is 0.0816. The number of amides is 2. The van der Waals surface area contributed by atoms with Crippen LogP contribution in [0.1, 0.15) is 32.3 Å². The van der Waals surface area contributed by atoms with Gasteiger partial charge in [0.1, 0.15) is 24.1 Å². The molecule has 0 aliphatic heterocycles. The van der Waals surface area contributed by atoms with Crippen LogP contribution in [0.5, 0.6) is 23.0 Å². The Morgan fingerprint density at radius 2 is 1.48 bits per heavy atom. The van der Waals surface area contributed by atoms with Crippen LogP contribution in [0.4, 0.5) is 5.69 Å². The van der Waals surface area contributed by atoms with Crippen LogP contribution in [0.25, 0.3) is 0 Å². The van der Waals surface area contributed by atoms with E-state index in [1.807, 2.05) is 44.2 Å². The second-order valence-corrected chi connectivity index (χ2v) is 11.7. The first-order chi connectivity index (χ1) is 21.1. The zero-order valence-electron chi connectivity index (χ0n) is 26.0. The van der Waals surface area contributed by atoms with Gasteiger partial charge in [-0.1, -0.05) is 44.2 Å². The number of nitrogens with zero attached hydrogens (tertiary/aromatic N) is 2. The van der Waals surface area contributed by atoms with E-state index in [0.717, 1.165) is 16.3 Å². The minimum atomic E-state index is -4.42. The van der Waals surface area contributed by atoms with Gasteiger partial charge in [0.05, 0.1) is 39.0 Å². The van der Waals surface area contributed by atoms with Crippen molar-refractivity contribution in [1.82, 2.24) is 10.2 Å². The average molecular weight is 628 g/mol. The molecule has 0 aromatic heterocycles. The fraction of sp³-hybridized carbons (Fsp3) is 0.375. The van der Waals surface area contributed by atoms with Gasteiger partial charge < -0.3 is 29.2 Å². The van der Waals surface area contributed by atoms with Crippen LogP contribution >= 0.6 is 0 Å². The molecule has 0 aliphatic rings. The van der Waals surface area contributed by atoms with Crippen LogP contribution in [0.3, 0.4) is 0 Å². The summed E-state index contributed by atoms with van der Waals surface area (Å²) in [6.45, 7) is 3.66. The SMILES string of the molecule is CCCNC(=O)[C@@H](CC)N(Cc1ccccc1)C(=O)CN(c1cc(OC)ccc1OC)S(=O)(=O)c1ccc(OC)c(OC)c1. The first-order valence-corrected chi connectivity index (χ1v) is 15.7. The summed E-state index contributed by atoms with van der Waals surface area (Å²) in [6.07, 6.45) is 1.04. The Bertz CT molecular complexity index is 1520. The Morgan fingerprint density at radius 1 is 0.818 bits per heavy atom. The lowest BCUT2D eigenvalue weighted by Gasteiger charge is -2.33. The Morgan fingerprint density at radius 3 is 2.07 bits per heavy atom. The van der Waals surface area contributed by atoms with Crippen molar-refractivity contribution in [2.45, 2.75) is 44.2 Å². The molecule has 12 heteroatoms. The van der Waals surface area contributed by atoms with Gasteiger partial charge in [0.2, 0.25) is 11.8 Å². The number of ether oxygens (including phenoxy) is 4. The van der Waals surface area contributed by atoms with E-state index in [9.17, 15) is 18.0 Å². The van der Waals surface area contributed by atoms with Gasteiger partial charge in [-0.2, -0.15) is 0 Å². The average Bonchev–Trinajstić information content (AvgIpc) is 3.05. The number of sulfonamides is 1. The minimum Gasteiger partial charge on any atom is -0.497 e. The van der Waals surface area contributed by atoms with E-state index in [1.54, 1.807) is 12.1 Å². The lowest BCUT2D eigenvalue weighted by molar-refractivity contribution is -0.140. The molecule has 0 heterocycles. The molecule has 11 nitrogen and oxygen atoms in total. The lowest BCUT2D eigenvalue weighted by atomic mass is 10.1. The number of methoxy groups -OCH3 is 4. The van der Waals surface area contributed by atoms with E-state index < -0.39 is 28.5 Å². The van der Waals surface area contributed by atoms with E-state index in [2.05, 4.69) is 5.32 Å². The molecule has 0 fully saturated rings. The van der Waals surface area contributed by atoms with Gasteiger partial charge in [-0.05, 0) is 42.7 Å².